The number of likely N-dealkylation sites (N-methyl/N-ethyl adjacent to an activating group) is 1. The number of nitrogens with zero attached hydrogens (tertiary/aromatic N) is 1. The third-order valence-corrected chi connectivity index (χ3v) is 4.58. The summed E-state index contributed by atoms with van der Waals surface area (Å²) in [6.45, 7) is 7.19. The minimum atomic E-state index is -0.529. The summed E-state index contributed by atoms with van der Waals surface area (Å²) in [7, 11) is 1.47. The monoisotopic (exact) mass is 282 g/mol. The van der Waals surface area contributed by atoms with E-state index in [0.29, 0.717) is 0 Å². The van der Waals surface area contributed by atoms with Crippen LogP contribution in [0.4, 0.5) is 0 Å². The summed E-state index contributed by atoms with van der Waals surface area (Å²) in [5.41, 5.74) is -0.529. The van der Waals surface area contributed by atoms with Gasteiger partial charge in [0.2, 0.25) is 0 Å². The summed E-state index contributed by atoms with van der Waals surface area (Å²) in [6, 6.07) is 0.833. The maximum absolute atomic E-state index is 11.9. The van der Waals surface area contributed by atoms with E-state index in [1.54, 1.807) is 0 Å². The zero-order chi connectivity index (χ0) is 14.6. The number of carbonyl (C=O) groups is 1. The molecule has 2 saturated carbocycles. The maximum Gasteiger partial charge on any atom is 0.325 e. The van der Waals surface area contributed by atoms with Gasteiger partial charge in [-0.1, -0.05) is 6.92 Å². The van der Waals surface area contributed by atoms with E-state index in [-0.39, 0.29) is 5.97 Å². The van der Waals surface area contributed by atoms with E-state index >= 15 is 0 Å². The van der Waals surface area contributed by atoms with E-state index in [4.69, 9.17) is 4.74 Å². The lowest BCUT2D eigenvalue weighted by Gasteiger charge is -2.29. The van der Waals surface area contributed by atoms with Crippen molar-refractivity contribution in [3.8, 4) is 0 Å². The van der Waals surface area contributed by atoms with E-state index in [1.807, 2.05) is 13.8 Å². The van der Waals surface area contributed by atoms with Gasteiger partial charge in [-0.3, -0.25) is 4.79 Å². The Morgan fingerprint density at radius 3 is 2.55 bits per heavy atom. The molecule has 20 heavy (non-hydrogen) atoms. The summed E-state index contributed by atoms with van der Waals surface area (Å²) in [6.07, 6.45) is 7.48. The standard InChI is InChI=1S/C16H30N2O2/c1-4-17-16(2,15(19)20-3)10-5-11-18(14-8-9-14)12-13-6-7-13/h13-14,17H,4-12H2,1-3H3. The number of carbonyl (C=O) groups excluding carboxylic acids is 1. The van der Waals surface area contributed by atoms with Crippen LogP contribution >= 0.6 is 0 Å². The first-order chi connectivity index (χ1) is 9.59. The van der Waals surface area contributed by atoms with Crippen molar-refractivity contribution in [1.29, 1.82) is 0 Å². The third kappa shape index (κ3) is 4.45. The Morgan fingerprint density at radius 1 is 1.35 bits per heavy atom. The van der Waals surface area contributed by atoms with Crippen LogP contribution < -0.4 is 5.32 Å². The molecule has 116 valence electrons. The molecular weight excluding hydrogens is 252 g/mol. The van der Waals surface area contributed by atoms with Crippen molar-refractivity contribution >= 4 is 5.97 Å². The van der Waals surface area contributed by atoms with Crippen LogP contribution in [0.1, 0.15) is 52.4 Å². The van der Waals surface area contributed by atoms with Crippen molar-refractivity contribution in [3.05, 3.63) is 0 Å². The van der Waals surface area contributed by atoms with Crippen molar-refractivity contribution in [2.75, 3.05) is 26.7 Å². The summed E-state index contributed by atoms with van der Waals surface area (Å²) in [4.78, 5) is 14.6. The average Bonchev–Trinajstić information content (AvgIpc) is 3.28. The topological polar surface area (TPSA) is 41.6 Å². The van der Waals surface area contributed by atoms with Crippen LogP contribution in [0.3, 0.4) is 0 Å². The normalized spacial score (nSPS) is 21.8. The number of hydrogen-bond donors (Lipinski definition) is 1. The Morgan fingerprint density at radius 2 is 2.05 bits per heavy atom. The van der Waals surface area contributed by atoms with Gasteiger partial charge in [0.25, 0.3) is 0 Å². The highest BCUT2D eigenvalue weighted by Crippen LogP contribution is 2.35. The molecule has 2 aliphatic rings. The highest BCUT2D eigenvalue weighted by molar-refractivity contribution is 5.80. The molecule has 1 unspecified atom stereocenters. The van der Waals surface area contributed by atoms with Crippen LogP contribution in [0.2, 0.25) is 0 Å². The third-order valence-electron chi connectivity index (χ3n) is 4.58. The van der Waals surface area contributed by atoms with Gasteiger partial charge in [0, 0.05) is 12.6 Å². The van der Waals surface area contributed by atoms with Crippen LogP contribution in [0.5, 0.6) is 0 Å². The molecule has 0 amide bonds. The molecule has 2 fully saturated rings. The fourth-order valence-corrected chi connectivity index (χ4v) is 3.01. The molecule has 1 atom stereocenters. The molecule has 2 rings (SSSR count). The second-order valence-corrected chi connectivity index (χ2v) is 6.63. The Hall–Kier alpha value is -0.610. The van der Waals surface area contributed by atoms with Gasteiger partial charge in [-0.05, 0) is 64.5 Å². The predicted octanol–water partition coefficient (Wildman–Crippen LogP) is 2.18. The van der Waals surface area contributed by atoms with Gasteiger partial charge in [0.15, 0.2) is 0 Å². The predicted molar refractivity (Wildman–Crippen MR) is 80.7 cm³/mol. The van der Waals surface area contributed by atoms with Crippen molar-refractivity contribution < 1.29 is 9.53 Å². The minimum Gasteiger partial charge on any atom is -0.468 e. The number of methoxy groups -OCH3 is 1. The molecule has 0 saturated heterocycles. The molecule has 0 aromatic carbocycles. The van der Waals surface area contributed by atoms with E-state index in [1.165, 1.54) is 39.3 Å². The molecule has 0 spiro atoms. The molecule has 4 nitrogen and oxygen atoms in total. The first-order valence-corrected chi connectivity index (χ1v) is 8.16. The average molecular weight is 282 g/mol. The van der Waals surface area contributed by atoms with Crippen LogP contribution in [0, 0.1) is 5.92 Å². The van der Waals surface area contributed by atoms with Gasteiger partial charge < -0.3 is 15.0 Å². The van der Waals surface area contributed by atoms with Crippen molar-refractivity contribution in [2.45, 2.75) is 64.0 Å². The van der Waals surface area contributed by atoms with Crippen molar-refractivity contribution in [2.24, 2.45) is 5.92 Å². The van der Waals surface area contributed by atoms with Gasteiger partial charge in [-0.15, -0.1) is 0 Å². The van der Waals surface area contributed by atoms with Gasteiger partial charge in [0.05, 0.1) is 7.11 Å². The Labute approximate surface area is 123 Å². The van der Waals surface area contributed by atoms with Crippen molar-refractivity contribution in [3.63, 3.8) is 0 Å². The van der Waals surface area contributed by atoms with E-state index in [2.05, 4.69) is 10.2 Å². The fourth-order valence-electron chi connectivity index (χ4n) is 3.01. The SMILES string of the molecule is CCNC(C)(CCCN(CC1CC1)C1CC1)C(=O)OC. The molecule has 0 radical (unpaired) electrons. The van der Waals surface area contributed by atoms with Crippen LogP contribution in [0.15, 0.2) is 0 Å². The first-order valence-electron chi connectivity index (χ1n) is 8.16. The Bertz CT molecular complexity index is 326. The summed E-state index contributed by atoms with van der Waals surface area (Å²) >= 11 is 0. The molecule has 0 aromatic heterocycles. The molecule has 0 heterocycles. The first kappa shape index (κ1) is 15.8. The van der Waals surface area contributed by atoms with Gasteiger partial charge in [-0.25, -0.2) is 0 Å². The molecule has 1 N–H and O–H groups in total. The van der Waals surface area contributed by atoms with Crippen LogP contribution in [-0.2, 0) is 9.53 Å². The van der Waals surface area contributed by atoms with E-state index in [9.17, 15) is 4.79 Å². The van der Waals surface area contributed by atoms with Gasteiger partial charge >= 0.3 is 5.97 Å². The number of esters is 1. The lowest BCUT2D eigenvalue weighted by atomic mass is 9.95. The smallest absolute Gasteiger partial charge is 0.325 e. The lowest BCUT2D eigenvalue weighted by molar-refractivity contribution is -0.148. The summed E-state index contributed by atoms with van der Waals surface area (Å²) in [5, 5.41) is 3.29. The van der Waals surface area contributed by atoms with Gasteiger partial charge in [0.1, 0.15) is 5.54 Å². The zero-order valence-corrected chi connectivity index (χ0v) is 13.3. The number of rotatable bonds is 10. The quantitative estimate of drug-likeness (QED) is 0.624. The zero-order valence-electron chi connectivity index (χ0n) is 13.3. The summed E-state index contributed by atoms with van der Waals surface area (Å²) < 4.78 is 4.94. The molecule has 0 bridgehead atoms. The Kier molecular flexibility index (Phi) is 5.44. The number of nitrogens with one attached hydrogen (secondary N) is 1. The highest BCUT2D eigenvalue weighted by atomic mass is 16.5. The summed E-state index contributed by atoms with van der Waals surface area (Å²) in [5.74, 6) is 0.816. The minimum absolute atomic E-state index is 0.139. The fraction of sp³-hybridized carbons (Fsp3) is 0.938. The largest absolute Gasteiger partial charge is 0.468 e. The highest BCUT2D eigenvalue weighted by Gasteiger charge is 2.35. The van der Waals surface area contributed by atoms with Crippen molar-refractivity contribution in [1.82, 2.24) is 10.2 Å². The lowest BCUT2D eigenvalue weighted by Crippen LogP contribution is -2.50. The second kappa shape index (κ2) is 6.90. The molecule has 4 heteroatoms. The molecule has 0 aliphatic heterocycles. The van der Waals surface area contributed by atoms with Gasteiger partial charge in [-0.2, -0.15) is 0 Å². The molecule has 0 aromatic rings. The van der Waals surface area contributed by atoms with E-state index in [0.717, 1.165) is 37.9 Å². The van der Waals surface area contributed by atoms with Crippen LogP contribution in [-0.4, -0.2) is 49.2 Å². The second-order valence-electron chi connectivity index (χ2n) is 6.63. The van der Waals surface area contributed by atoms with E-state index < -0.39 is 5.54 Å². The number of hydrogen-bond acceptors (Lipinski definition) is 4. The number of ether oxygens (including phenoxy) is 1. The molecule has 2 aliphatic carbocycles. The van der Waals surface area contributed by atoms with Crippen LogP contribution in [0.25, 0.3) is 0 Å². The molecular formula is C16H30N2O2. The maximum atomic E-state index is 11.9. The Balaban J connectivity index is 1.77.